The molecule has 76 valence electrons. The maximum atomic E-state index is 12.2. The van der Waals surface area contributed by atoms with Crippen molar-refractivity contribution in [1.29, 1.82) is 0 Å². The summed E-state index contributed by atoms with van der Waals surface area (Å²) in [4.78, 5) is 0. The molecule has 0 saturated heterocycles. The second-order valence-electron chi connectivity index (χ2n) is 3.05. The van der Waals surface area contributed by atoms with Crippen molar-refractivity contribution < 1.29 is 13.2 Å². The molecule has 14 heavy (non-hydrogen) atoms. The summed E-state index contributed by atoms with van der Waals surface area (Å²) in [6.45, 7) is 2.09. The van der Waals surface area contributed by atoms with Crippen LogP contribution in [0.2, 0.25) is 12.6 Å². The van der Waals surface area contributed by atoms with Gasteiger partial charge in [-0.2, -0.15) is 13.2 Å². The molecule has 2 radical (unpaired) electrons. The van der Waals surface area contributed by atoms with Crippen LogP contribution >= 0.6 is 0 Å². The minimum Gasteiger partial charge on any atom is -0.166 e. The van der Waals surface area contributed by atoms with Crippen molar-refractivity contribution in [2.45, 2.75) is 25.2 Å². The smallest absolute Gasteiger partial charge is 0.166 e. The molecule has 0 unspecified atom stereocenters. The number of aryl methyl sites for hydroxylation is 1. The molecule has 0 fully saturated rings. The van der Waals surface area contributed by atoms with E-state index in [0.717, 1.165) is 39.7 Å². The first-order valence-corrected chi connectivity index (χ1v) is 6.05. The van der Waals surface area contributed by atoms with Crippen LogP contribution in [0.15, 0.2) is 24.3 Å². The van der Waals surface area contributed by atoms with E-state index in [9.17, 15) is 13.2 Å². The highest BCUT2D eigenvalue weighted by atomic mass is 28.2. The SMILES string of the molecule is C[Si]CCc1ccc(C(F)(F)F)cc1. The van der Waals surface area contributed by atoms with Crippen molar-refractivity contribution in [3.05, 3.63) is 35.4 Å². The normalized spacial score (nSPS) is 11.7. The maximum Gasteiger partial charge on any atom is 0.416 e. The molecule has 4 heteroatoms. The third-order valence-corrected chi connectivity index (χ3v) is 2.69. The summed E-state index contributed by atoms with van der Waals surface area (Å²) in [5.74, 6) is 0. The summed E-state index contributed by atoms with van der Waals surface area (Å²) in [5, 5.41) is 0. The van der Waals surface area contributed by atoms with Crippen LogP contribution in [-0.2, 0) is 12.6 Å². The monoisotopic (exact) mass is 216 g/mol. The van der Waals surface area contributed by atoms with Crippen molar-refractivity contribution in [3.63, 3.8) is 0 Å². The van der Waals surface area contributed by atoms with Crippen molar-refractivity contribution in [1.82, 2.24) is 0 Å². The highest BCUT2D eigenvalue weighted by molar-refractivity contribution is 6.33. The topological polar surface area (TPSA) is 0 Å². The average Bonchev–Trinajstić information content (AvgIpc) is 2.14. The van der Waals surface area contributed by atoms with Gasteiger partial charge in [-0.25, -0.2) is 0 Å². The van der Waals surface area contributed by atoms with Gasteiger partial charge in [-0.05, 0) is 24.1 Å². The molecule has 0 amide bonds. The van der Waals surface area contributed by atoms with E-state index in [1.807, 2.05) is 0 Å². The molecular formula is C10H11F3Si. The zero-order chi connectivity index (χ0) is 10.6. The summed E-state index contributed by atoms with van der Waals surface area (Å²) < 4.78 is 36.5. The van der Waals surface area contributed by atoms with Crippen molar-refractivity contribution >= 4 is 9.52 Å². The van der Waals surface area contributed by atoms with Gasteiger partial charge in [0.1, 0.15) is 0 Å². The molecule has 0 spiro atoms. The number of alkyl halides is 3. The van der Waals surface area contributed by atoms with Crippen molar-refractivity contribution in [2.24, 2.45) is 0 Å². The quantitative estimate of drug-likeness (QED) is 0.679. The Hall–Kier alpha value is -0.773. The lowest BCUT2D eigenvalue weighted by atomic mass is 10.1. The van der Waals surface area contributed by atoms with E-state index in [-0.39, 0.29) is 0 Å². The maximum absolute atomic E-state index is 12.2. The second kappa shape index (κ2) is 4.64. The fourth-order valence-electron chi connectivity index (χ4n) is 1.13. The third kappa shape index (κ3) is 3.18. The third-order valence-electron chi connectivity index (χ3n) is 1.94. The Morgan fingerprint density at radius 3 is 2.14 bits per heavy atom. The van der Waals surface area contributed by atoms with Crippen LogP contribution in [0.3, 0.4) is 0 Å². The molecule has 0 atom stereocenters. The van der Waals surface area contributed by atoms with Crippen LogP contribution in [0.5, 0.6) is 0 Å². The van der Waals surface area contributed by atoms with Gasteiger partial charge in [0.05, 0.1) is 5.56 Å². The van der Waals surface area contributed by atoms with Gasteiger partial charge in [-0.15, -0.1) is 0 Å². The fraction of sp³-hybridized carbons (Fsp3) is 0.400. The van der Waals surface area contributed by atoms with Crippen LogP contribution in [0, 0.1) is 0 Å². The molecule has 1 aromatic rings. The minimum absolute atomic E-state index is 0.569. The first-order chi connectivity index (χ1) is 6.54. The second-order valence-corrected chi connectivity index (χ2v) is 4.26. The number of benzene rings is 1. The summed E-state index contributed by atoms with van der Waals surface area (Å²) >= 11 is 0. The Kier molecular flexibility index (Phi) is 3.75. The highest BCUT2D eigenvalue weighted by Crippen LogP contribution is 2.29. The molecular weight excluding hydrogens is 205 g/mol. The average molecular weight is 216 g/mol. The Labute approximate surface area is 84.0 Å². The molecule has 0 saturated carbocycles. The molecule has 1 rings (SSSR count). The van der Waals surface area contributed by atoms with Gasteiger partial charge in [0.2, 0.25) is 0 Å². The van der Waals surface area contributed by atoms with Crippen LogP contribution in [-0.4, -0.2) is 9.52 Å². The molecule has 0 aliphatic carbocycles. The van der Waals surface area contributed by atoms with Gasteiger partial charge < -0.3 is 0 Å². The highest BCUT2D eigenvalue weighted by Gasteiger charge is 2.29. The molecule has 0 N–H and O–H groups in total. The summed E-state index contributed by atoms with van der Waals surface area (Å²) in [6, 6.07) is 6.46. The first-order valence-electron chi connectivity index (χ1n) is 4.35. The van der Waals surface area contributed by atoms with Gasteiger partial charge in [0.25, 0.3) is 0 Å². The Morgan fingerprint density at radius 1 is 1.14 bits per heavy atom. The number of hydrogen-bond acceptors (Lipinski definition) is 0. The standard InChI is InChI=1S/C10H11F3Si/c1-14-7-6-8-2-4-9(5-3-8)10(11,12)13/h2-5H,6-7H2,1H3. The van der Waals surface area contributed by atoms with E-state index < -0.39 is 11.7 Å². The lowest BCUT2D eigenvalue weighted by Gasteiger charge is -2.07. The number of rotatable bonds is 3. The van der Waals surface area contributed by atoms with Crippen molar-refractivity contribution in [2.75, 3.05) is 0 Å². The van der Waals surface area contributed by atoms with Gasteiger partial charge in [-0.3, -0.25) is 0 Å². The Morgan fingerprint density at radius 2 is 1.71 bits per heavy atom. The van der Waals surface area contributed by atoms with E-state index in [1.54, 1.807) is 12.1 Å². The van der Waals surface area contributed by atoms with Crippen LogP contribution in [0.4, 0.5) is 13.2 Å². The van der Waals surface area contributed by atoms with Crippen LogP contribution in [0.25, 0.3) is 0 Å². The lowest BCUT2D eigenvalue weighted by molar-refractivity contribution is -0.137. The fourth-order valence-corrected chi connectivity index (χ4v) is 1.67. The van der Waals surface area contributed by atoms with E-state index in [2.05, 4.69) is 6.55 Å². The zero-order valence-electron chi connectivity index (χ0n) is 7.86. The minimum atomic E-state index is -4.22. The first kappa shape index (κ1) is 11.3. The van der Waals surface area contributed by atoms with Crippen LogP contribution < -0.4 is 0 Å². The molecule has 0 aliphatic heterocycles. The van der Waals surface area contributed by atoms with Crippen molar-refractivity contribution in [3.8, 4) is 0 Å². The molecule has 0 bridgehead atoms. The van der Waals surface area contributed by atoms with Gasteiger partial charge in [-0.1, -0.05) is 24.7 Å². The van der Waals surface area contributed by atoms with Gasteiger partial charge >= 0.3 is 6.18 Å². The molecule has 1 aromatic carbocycles. The van der Waals surface area contributed by atoms with E-state index in [4.69, 9.17) is 0 Å². The van der Waals surface area contributed by atoms with E-state index in [1.165, 1.54) is 0 Å². The number of halogens is 3. The lowest BCUT2D eigenvalue weighted by Crippen LogP contribution is -2.04. The molecule has 0 nitrogen and oxygen atoms in total. The summed E-state index contributed by atoms with van der Waals surface area (Å²) in [6.07, 6.45) is -3.35. The van der Waals surface area contributed by atoms with E-state index >= 15 is 0 Å². The zero-order valence-corrected chi connectivity index (χ0v) is 8.86. The Balaban J connectivity index is 2.69. The summed E-state index contributed by atoms with van der Waals surface area (Å²) in [5.41, 5.74) is 0.410. The molecule has 0 heterocycles. The predicted molar refractivity (Wildman–Crippen MR) is 51.6 cm³/mol. The predicted octanol–water partition coefficient (Wildman–Crippen LogP) is 3.42. The summed E-state index contributed by atoms with van der Waals surface area (Å²) in [7, 11) is 0.847. The van der Waals surface area contributed by atoms with E-state index in [0.29, 0.717) is 0 Å². The Bertz CT molecular complexity index is 276. The molecule has 0 aliphatic rings. The number of hydrogen-bond donors (Lipinski definition) is 0. The molecule has 0 aromatic heterocycles. The largest absolute Gasteiger partial charge is 0.416 e. The van der Waals surface area contributed by atoms with Gasteiger partial charge in [0.15, 0.2) is 0 Å². The van der Waals surface area contributed by atoms with Gasteiger partial charge in [0, 0.05) is 9.52 Å². The van der Waals surface area contributed by atoms with Crippen LogP contribution in [0.1, 0.15) is 11.1 Å².